The first-order valence-corrected chi connectivity index (χ1v) is 4.86. The fourth-order valence-electron chi connectivity index (χ4n) is 1.24. The van der Waals surface area contributed by atoms with Crippen LogP contribution >= 0.6 is 12.4 Å². The van der Waals surface area contributed by atoms with Crippen LogP contribution < -0.4 is 15.8 Å². The molecule has 0 saturated carbocycles. The SMILES string of the molecule is COc1cccc(CC(=O)NCCN)c1.Cl. The normalized spacial score (nSPS) is 9.12. The van der Waals surface area contributed by atoms with Crippen LogP contribution in [0.5, 0.6) is 5.75 Å². The maximum absolute atomic E-state index is 11.4. The van der Waals surface area contributed by atoms with Crippen LogP contribution in [-0.4, -0.2) is 26.1 Å². The largest absolute Gasteiger partial charge is 0.497 e. The first-order valence-electron chi connectivity index (χ1n) is 4.86. The van der Waals surface area contributed by atoms with Gasteiger partial charge >= 0.3 is 0 Å². The minimum absolute atomic E-state index is 0. The highest BCUT2D eigenvalue weighted by Gasteiger charge is 2.02. The topological polar surface area (TPSA) is 64.3 Å². The van der Waals surface area contributed by atoms with Crippen LogP contribution in [0.1, 0.15) is 5.56 Å². The Kier molecular flexibility index (Phi) is 7.33. The molecular weight excluding hydrogens is 228 g/mol. The zero-order valence-electron chi connectivity index (χ0n) is 9.23. The lowest BCUT2D eigenvalue weighted by Crippen LogP contribution is -2.30. The average Bonchev–Trinajstić information content (AvgIpc) is 2.26. The molecule has 3 N–H and O–H groups in total. The van der Waals surface area contributed by atoms with E-state index in [1.54, 1.807) is 7.11 Å². The molecule has 0 atom stereocenters. The highest BCUT2D eigenvalue weighted by atomic mass is 35.5. The number of amides is 1. The standard InChI is InChI=1S/C11H16N2O2.ClH/c1-15-10-4-2-3-9(7-10)8-11(14)13-6-5-12;/h2-4,7H,5-6,8,12H2,1H3,(H,13,14);1H. The van der Waals surface area contributed by atoms with Crippen molar-refractivity contribution in [1.29, 1.82) is 0 Å². The number of benzene rings is 1. The third kappa shape index (κ3) is 5.00. The van der Waals surface area contributed by atoms with Crippen molar-refractivity contribution in [2.75, 3.05) is 20.2 Å². The predicted octanol–water partition coefficient (Wildman–Crippen LogP) is 0.734. The minimum Gasteiger partial charge on any atom is -0.497 e. The van der Waals surface area contributed by atoms with Gasteiger partial charge in [-0.05, 0) is 17.7 Å². The Morgan fingerprint density at radius 2 is 2.25 bits per heavy atom. The third-order valence-electron chi connectivity index (χ3n) is 1.97. The van der Waals surface area contributed by atoms with Gasteiger partial charge in [0.15, 0.2) is 0 Å². The van der Waals surface area contributed by atoms with Gasteiger partial charge in [-0.3, -0.25) is 4.79 Å². The second-order valence-corrected chi connectivity index (χ2v) is 3.17. The number of rotatable bonds is 5. The van der Waals surface area contributed by atoms with Crippen molar-refractivity contribution in [3.8, 4) is 5.75 Å². The molecule has 0 spiro atoms. The molecule has 0 saturated heterocycles. The molecule has 0 aromatic heterocycles. The smallest absolute Gasteiger partial charge is 0.224 e. The van der Waals surface area contributed by atoms with Crippen molar-refractivity contribution >= 4 is 18.3 Å². The molecular formula is C11H17ClN2O2. The second-order valence-electron chi connectivity index (χ2n) is 3.17. The molecule has 0 unspecified atom stereocenters. The third-order valence-corrected chi connectivity index (χ3v) is 1.97. The predicted molar refractivity (Wildman–Crippen MR) is 66.0 cm³/mol. The molecule has 0 heterocycles. The van der Waals surface area contributed by atoms with Gasteiger partial charge in [0.25, 0.3) is 0 Å². The number of carbonyl (C=O) groups is 1. The quantitative estimate of drug-likeness (QED) is 0.803. The molecule has 1 amide bonds. The van der Waals surface area contributed by atoms with Gasteiger partial charge in [0, 0.05) is 13.1 Å². The maximum atomic E-state index is 11.4. The van der Waals surface area contributed by atoms with E-state index in [1.165, 1.54) is 0 Å². The Morgan fingerprint density at radius 3 is 2.88 bits per heavy atom. The molecule has 1 aromatic rings. The van der Waals surface area contributed by atoms with Crippen molar-refractivity contribution in [3.63, 3.8) is 0 Å². The van der Waals surface area contributed by atoms with E-state index < -0.39 is 0 Å². The van der Waals surface area contributed by atoms with Crippen LogP contribution in [0.2, 0.25) is 0 Å². The number of hydrogen-bond donors (Lipinski definition) is 2. The first kappa shape index (κ1) is 14.7. The van der Waals surface area contributed by atoms with Crippen LogP contribution in [0.3, 0.4) is 0 Å². The number of nitrogens with one attached hydrogen (secondary N) is 1. The Bertz CT molecular complexity index is 332. The highest BCUT2D eigenvalue weighted by Crippen LogP contribution is 2.12. The first-order chi connectivity index (χ1) is 7.26. The molecule has 0 bridgehead atoms. The number of nitrogens with two attached hydrogens (primary N) is 1. The van der Waals surface area contributed by atoms with Crippen LogP contribution in [0.25, 0.3) is 0 Å². The summed E-state index contributed by atoms with van der Waals surface area (Å²) < 4.78 is 5.07. The molecule has 4 nitrogen and oxygen atoms in total. The lowest BCUT2D eigenvalue weighted by Gasteiger charge is -2.05. The van der Waals surface area contributed by atoms with E-state index in [9.17, 15) is 4.79 Å². The van der Waals surface area contributed by atoms with Gasteiger partial charge in [-0.25, -0.2) is 0 Å². The van der Waals surface area contributed by atoms with Gasteiger partial charge in [-0.15, -0.1) is 12.4 Å². The summed E-state index contributed by atoms with van der Waals surface area (Å²) in [4.78, 5) is 11.4. The Balaban J connectivity index is 0.00000225. The molecule has 1 rings (SSSR count). The Hall–Kier alpha value is -1.26. The fraction of sp³-hybridized carbons (Fsp3) is 0.364. The van der Waals surface area contributed by atoms with Crippen molar-refractivity contribution in [1.82, 2.24) is 5.32 Å². The van der Waals surface area contributed by atoms with E-state index in [-0.39, 0.29) is 18.3 Å². The van der Waals surface area contributed by atoms with Gasteiger partial charge in [0.05, 0.1) is 13.5 Å². The van der Waals surface area contributed by atoms with Crippen LogP contribution in [0.15, 0.2) is 24.3 Å². The lowest BCUT2D eigenvalue weighted by atomic mass is 10.1. The molecule has 0 radical (unpaired) electrons. The van der Waals surface area contributed by atoms with E-state index in [1.807, 2.05) is 24.3 Å². The number of ether oxygens (including phenoxy) is 1. The molecule has 0 aliphatic heterocycles. The van der Waals surface area contributed by atoms with Gasteiger partial charge in [-0.1, -0.05) is 12.1 Å². The second kappa shape index (κ2) is 7.96. The highest BCUT2D eigenvalue weighted by molar-refractivity contribution is 5.85. The molecule has 5 heteroatoms. The summed E-state index contributed by atoms with van der Waals surface area (Å²) in [6.45, 7) is 0.979. The fourth-order valence-corrected chi connectivity index (χ4v) is 1.24. The van der Waals surface area contributed by atoms with Crippen LogP contribution in [-0.2, 0) is 11.2 Å². The molecule has 1 aromatic carbocycles. The van der Waals surface area contributed by atoms with Crippen molar-refractivity contribution < 1.29 is 9.53 Å². The van der Waals surface area contributed by atoms with Gasteiger partial charge in [-0.2, -0.15) is 0 Å². The number of halogens is 1. The zero-order valence-corrected chi connectivity index (χ0v) is 10.0. The number of hydrogen-bond acceptors (Lipinski definition) is 3. The summed E-state index contributed by atoms with van der Waals surface area (Å²) >= 11 is 0. The Morgan fingerprint density at radius 1 is 1.50 bits per heavy atom. The van der Waals surface area contributed by atoms with E-state index in [4.69, 9.17) is 10.5 Å². The molecule has 0 aliphatic rings. The van der Waals surface area contributed by atoms with E-state index >= 15 is 0 Å². The van der Waals surface area contributed by atoms with Gasteiger partial charge in [0.2, 0.25) is 5.91 Å². The molecule has 16 heavy (non-hydrogen) atoms. The number of methoxy groups -OCH3 is 1. The summed E-state index contributed by atoms with van der Waals surface area (Å²) in [6.07, 6.45) is 0.358. The lowest BCUT2D eigenvalue weighted by molar-refractivity contribution is -0.120. The van der Waals surface area contributed by atoms with Crippen molar-refractivity contribution in [2.24, 2.45) is 5.73 Å². The summed E-state index contributed by atoms with van der Waals surface area (Å²) in [6, 6.07) is 7.46. The summed E-state index contributed by atoms with van der Waals surface area (Å²) in [5, 5.41) is 2.71. The van der Waals surface area contributed by atoms with E-state index in [0.717, 1.165) is 11.3 Å². The summed E-state index contributed by atoms with van der Waals surface area (Å²) in [5.74, 6) is 0.743. The van der Waals surface area contributed by atoms with Crippen LogP contribution in [0.4, 0.5) is 0 Å². The van der Waals surface area contributed by atoms with Gasteiger partial charge in [0.1, 0.15) is 5.75 Å². The average molecular weight is 245 g/mol. The zero-order chi connectivity index (χ0) is 11.1. The summed E-state index contributed by atoms with van der Waals surface area (Å²) in [5.41, 5.74) is 6.22. The van der Waals surface area contributed by atoms with Crippen molar-refractivity contribution in [2.45, 2.75) is 6.42 Å². The van der Waals surface area contributed by atoms with Gasteiger partial charge < -0.3 is 15.8 Å². The van der Waals surface area contributed by atoms with E-state index in [0.29, 0.717) is 19.5 Å². The Labute approximate surface area is 102 Å². The van der Waals surface area contributed by atoms with Crippen LogP contribution in [0, 0.1) is 0 Å². The van der Waals surface area contributed by atoms with Crippen molar-refractivity contribution in [3.05, 3.63) is 29.8 Å². The van der Waals surface area contributed by atoms with E-state index in [2.05, 4.69) is 5.32 Å². The maximum Gasteiger partial charge on any atom is 0.224 e. The molecule has 0 fully saturated rings. The molecule has 0 aliphatic carbocycles. The monoisotopic (exact) mass is 244 g/mol. The molecule has 90 valence electrons. The number of carbonyl (C=O) groups excluding carboxylic acids is 1. The minimum atomic E-state index is -0.0197. The summed E-state index contributed by atoms with van der Waals surface area (Å²) in [7, 11) is 1.60.